The van der Waals surface area contributed by atoms with Gasteiger partial charge in [-0.25, -0.2) is 0 Å². The average Bonchev–Trinajstić information content (AvgIpc) is 2.53. The maximum absolute atomic E-state index is 12.2. The van der Waals surface area contributed by atoms with Gasteiger partial charge in [-0.3, -0.25) is 4.79 Å². The third-order valence-electron chi connectivity index (χ3n) is 3.96. The number of hydrogen-bond acceptors (Lipinski definition) is 4. The van der Waals surface area contributed by atoms with Gasteiger partial charge in [0.25, 0.3) is 0 Å². The number of ether oxygens (including phenoxy) is 2. The summed E-state index contributed by atoms with van der Waals surface area (Å²) < 4.78 is 11.1. The van der Waals surface area contributed by atoms with Gasteiger partial charge in [0, 0.05) is 10.8 Å². The monoisotopic (exact) mass is 292 g/mol. The number of Topliss-reactive ketones (excluding diaryl/α,β-unsaturated/α-hetero) is 1. The molecule has 1 aliphatic carbocycles. The molecule has 0 unspecified atom stereocenters. The molecule has 0 aromatic heterocycles. The van der Waals surface area contributed by atoms with Gasteiger partial charge < -0.3 is 9.47 Å². The fourth-order valence-corrected chi connectivity index (χ4v) is 3.71. The molecule has 2 aliphatic rings. The Morgan fingerprint density at radius 2 is 1.85 bits per heavy atom. The van der Waals surface area contributed by atoms with Crippen molar-refractivity contribution < 1.29 is 14.3 Å². The molecule has 0 saturated heterocycles. The van der Waals surface area contributed by atoms with Crippen LogP contribution in [-0.4, -0.2) is 24.7 Å². The molecule has 0 bridgehead atoms. The number of benzene rings is 1. The van der Waals surface area contributed by atoms with Crippen LogP contribution >= 0.6 is 11.8 Å². The molecule has 0 amide bonds. The molecule has 108 valence electrons. The van der Waals surface area contributed by atoms with E-state index in [4.69, 9.17) is 9.47 Å². The molecule has 1 saturated carbocycles. The van der Waals surface area contributed by atoms with Crippen LogP contribution < -0.4 is 9.47 Å². The fourth-order valence-electron chi connectivity index (χ4n) is 2.81. The van der Waals surface area contributed by atoms with Crippen LogP contribution in [0.2, 0.25) is 0 Å². The second-order valence-corrected chi connectivity index (χ2v) is 6.44. The molecule has 0 atom stereocenters. The molecule has 1 aromatic carbocycles. The minimum atomic E-state index is 0.300. The third-order valence-corrected chi connectivity index (χ3v) is 4.97. The largest absolute Gasteiger partial charge is 0.486 e. The molecule has 0 N–H and O–H groups in total. The minimum Gasteiger partial charge on any atom is -0.486 e. The molecular formula is C16H20O3S. The Morgan fingerprint density at radius 3 is 2.65 bits per heavy atom. The second kappa shape index (κ2) is 6.53. The van der Waals surface area contributed by atoms with Crippen LogP contribution in [0, 0.1) is 5.92 Å². The van der Waals surface area contributed by atoms with Gasteiger partial charge in [0.15, 0.2) is 11.5 Å². The molecule has 1 aromatic rings. The third kappa shape index (κ3) is 3.29. The number of carbonyl (C=O) groups excluding carboxylic acids is 1. The van der Waals surface area contributed by atoms with Crippen LogP contribution in [0.25, 0.3) is 0 Å². The van der Waals surface area contributed by atoms with Crippen LogP contribution in [0.5, 0.6) is 11.5 Å². The normalized spacial score (nSPS) is 18.8. The Bertz CT molecular complexity index is 481. The lowest BCUT2D eigenvalue weighted by Gasteiger charge is -2.20. The summed E-state index contributed by atoms with van der Waals surface area (Å²) in [5.41, 5.74) is 0. The van der Waals surface area contributed by atoms with Gasteiger partial charge >= 0.3 is 0 Å². The van der Waals surface area contributed by atoms with Crippen molar-refractivity contribution in [3.8, 4) is 11.5 Å². The molecular weight excluding hydrogens is 272 g/mol. The van der Waals surface area contributed by atoms with Crippen molar-refractivity contribution in [3.63, 3.8) is 0 Å². The number of rotatable bonds is 4. The first-order chi connectivity index (χ1) is 9.83. The highest BCUT2D eigenvalue weighted by molar-refractivity contribution is 8.00. The van der Waals surface area contributed by atoms with E-state index in [0.717, 1.165) is 29.2 Å². The molecule has 0 radical (unpaired) electrons. The predicted octanol–water partition coefficient (Wildman–Crippen LogP) is 3.70. The summed E-state index contributed by atoms with van der Waals surface area (Å²) in [5.74, 6) is 2.88. The van der Waals surface area contributed by atoms with Gasteiger partial charge in [-0.15, -0.1) is 11.8 Å². The van der Waals surface area contributed by atoms with Gasteiger partial charge in [-0.2, -0.15) is 0 Å². The van der Waals surface area contributed by atoms with Crippen molar-refractivity contribution in [2.24, 2.45) is 5.92 Å². The first-order valence-electron chi connectivity index (χ1n) is 7.38. The Kier molecular flexibility index (Phi) is 4.51. The first kappa shape index (κ1) is 13.8. The van der Waals surface area contributed by atoms with Crippen LogP contribution in [0.15, 0.2) is 23.1 Å². The number of hydrogen-bond donors (Lipinski definition) is 0. The highest BCUT2D eigenvalue weighted by Gasteiger charge is 2.21. The van der Waals surface area contributed by atoms with E-state index in [2.05, 4.69) is 0 Å². The van der Waals surface area contributed by atoms with Crippen LogP contribution in [0.4, 0.5) is 0 Å². The summed E-state index contributed by atoms with van der Waals surface area (Å²) in [6.07, 6.45) is 5.89. The Balaban J connectivity index is 1.56. The second-order valence-electron chi connectivity index (χ2n) is 5.40. The van der Waals surface area contributed by atoms with E-state index in [1.54, 1.807) is 11.8 Å². The Hall–Kier alpha value is -1.16. The molecule has 0 spiro atoms. The van der Waals surface area contributed by atoms with E-state index in [-0.39, 0.29) is 0 Å². The van der Waals surface area contributed by atoms with Crippen molar-refractivity contribution in [2.45, 2.75) is 37.0 Å². The molecule has 1 fully saturated rings. The summed E-state index contributed by atoms with van der Waals surface area (Å²) in [6.45, 7) is 1.21. The fraction of sp³-hybridized carbons (Fsp3) is 0.562. The molecule has 3 rings (SSSR count). The van der Waals surface area contributed by atoms with E-state index in [1.807, 2.05) is 18.2 Å². The Labute approximate surface area is 124 Å². The zero-order valence-corrected chi connectivity index (χ0v) is 12.4. The van der Waals surface area contributed by atoms with Crippen LogP contribution in [0.3, 0.4) is 0 Å². The lowest BCUT2D eigenvalue weighted by Crippen LogP contribution is -2.19. The molecule has 1 heterocycles. The first-order valence-corrected chi connectivity index (χ1v) is 8.36. The summed E-state index contributed by atoms with van der Waals surface area (Å²) in [7, 11) is 0. The van der Waals surface area contributed by atoms with E-state index >= 15 is 0 Å². The van der Waals surface area contributed by atoms with Crippen molar-refractivity contribution in [2.75, 3.05) is 19.0 Å². The summed E-state index contributed by atoms with van der Waals surface area (Å²) in [4.78, 5) is 13.3. The van der Waals surface area contributed by atoms with Gasteiger partial charge in [0.1, 0.15) is 19.0 Å². The topological polar surface area (TPSA) is 35.5 Å². The van der Waals surface area contributed by atoms with Crippen LogP contribution in [0.1, 0.15) is 32.1 Å². The van der Waals surface area contributed by atoms with Crippen LogP contribution in [-0.2, 0) is 4.79 Å². The van der Waals surface area contributed by atoms with E-state index in [1.165, 1.54) is 19.3 Å². The van der Waals surface area contributed by atoms with Crippen molar-refractivity contribution >= 4 is 17.5 Å². The van der Waals surface area contributed by atoms with Gasteiger partial charge in [-0.05, 0) is 31.0 Å². The summed E-state index contributed by atoms with van der Waals surface area (Å²) in [6, 6.07) is 5.92. The number of fused-ring (bicyclic) bond motifs is 1. The number of ketones is 1. The summed E-state index contributed by atoms with van der Waals surface area (Å²) >= 11 is 1.61. The molecule has 1 aliphatic heterocycles. The standard InChI is InChI=1S/C16H20O3S/c17-14(12-4-2-1-3-5-12)11-20-13-6-7-15-16(10-13)19-9-8-18-15/h6-7,10,12H,1-5,8-9,11H2. The maximum atomic E-state index is 12.2. The smallest absolute Gasteiger partial charge is 0.162 e. The highest BCUT2D eigenvalue weighted by atomic mass is 32.2. The van der Waals surface area contributed by atoms with Crippen molar-refractivity contribution in [1.29, 1.82) is 0 Å². The summed E-state index contributed by atoms with van der Waals surface area (Å²) in [5, 5.41) is 0. The Morgan fingerprint density at radius 1 is 1.10 bits per heavy atom. The predicted molar refractivity (Wildman–Crippen MR) is 79.7 cm³/mol. The SMILES string of the molecule is O=C(CSc1ccc2c(c1)OCCO2)C1CCCCC1. The van der Waals surface area contributed by atoms with Gasteiger partial charge in [0.05, 0.1) is 5.75 Å². The molecule has 20 heavy (non-hydrogen) atoms. The lowest BCUT2D eigenvalue weighted by molar-refractivity contribution is -0.121. The number of thioether (sulfide) groups is 1. The quantitative estimate of drug-likeness (QED) is 0.793. The zero-order valence-electron chi connectivity index (χ0n) is 11.6. The van der Waals surface area contributed by atoms with Gasteiger partial charge in [-0.1, -0.05) is 19.3 Å². The number of carbonyl (C=O) groups is 1. The maximum Gasteiger partial charge on any atom is 0.162 e. The van der Waals surface area contributed by atoms with Crippen molar-refractivity contribution in [3.05, 3.63) is 18.2 Å². The molecule has 4 heteroatoms. The molecule has 3 nitrogen and oxygen atoms in total. The lowest BCUT2D eigenvalue weighted by atomic mass is 9.87. The van der Waals surface area contributed by atoms with E-state index in [9.17, 15) is 4.79 Å². The van der Waals surface area contributed by atoms with Gasteiger partial charge in [0.2, 0.25) is 0 Å². The minimum absolute atomic E-state index is 0.300. The van der Waals surface area contributed by atoms with Crippen molar-refractivity contribution in [1.82, 2.24) is 0 Å². The average molecular weight is 292 g/mol. The highest BCUT2D eigenvalue weighted by Crippen LogP contribution is 2.35. The van der Waals surface area contributed by atoms with E-state index in [0.29, 0.717) is 30.7 Å². The zero-order chi connectivity index (χ0) is 13.8. The van der Waals surface area contributed by atoms with E-state index < -0.39 is 0 Å².